The van der Waals surface area contributed by atoms with Crippen LogP contribution < -0.4 is 0 Å². The lowest BCUT2D eigenvalue weighted by Gasteiger charge is -2.40. The Morgan fingerprint density at radius 2 is 1.75 bits per heavy atom. The Bertz CT molecular complexity index is 204. The number of ether oxygens (including phenoxy) is 1. The van der Waals surface area contributed by atoms with E-state index in [9.17, 15) is 0 Å². The quantitative estimate of drug-likeness (QED) is 0.768. The van der Waals surface area contributed by atoms with E-state index in [0.717, 1.165) is 25.4 Å². The van der Waals surface area contributed by atoms with Gasteiger partial charge in [-0.2, -0.15) is 12.6 Å². The van der Waals surface area contributed by atoms with Crippen LogP contribution in [0.4, 0.5) is 0 Å². The highest BCUT2D eigenvalue weighted by Crippen LogP contribution is 2.28. The maximum Gasteiger partial charge on any atom is 0.0678 e. The topological polar surface area (TPSA) is 12.5 Å². The molecule has 0 aliphatic carbocycles. The fraction of sp³-hybridized carbons (Fsp3) is 1.00. The summed E-state index contributed by atoms with van der Waals surface area (Å²) in [5.41, 5.74) is 0.340. The molecular formula is C13H27NOS. The van der Waals surface area contributed by atoms with Crippen LogP contribution >= 0.6 is 12.6 Å². The van der Waals surface area contributed by atoms with Gasteiger partial charge in [0.25, 0.3) is 0 Å². The van der Waals surface area contributed by atoms with Crippen molar-refractivity contribution in [3.8, 4) is 0 Å². The van der Waals surface area contributed by atoms with Gasteiger partial charge in [-0.3, -0.25) is 4.90 Å². The molecule has 0 spiro atoms. The van der Waals surface area contributed by atoms with Crippen molar-refractivity contribution in [3.05, 3.63) is 0 Å². The lowest BCUT2D eigenvalue weighted by Crippen LogP contribution is -2.48. The third-order valence-electron chi connectivity index (χ3n) is 3.42. The SMILES string of the molecule is CC1CN(CC(CS)C(C)(C)C)CC(C)O1. The number of thiol groups is 1. The van der Waals surface area contributed by atoms with Crippen LogP contribution in [0.5, 0.6) is 0 Å². The molecule has 1 heterocycles. The first-order valence-corrected chi connectivity index (χ1v) is 6.95. The smallest absolute Gasteiger partial charge is 0.0678 e. The van der Waals surface area contributed by atoms with E-state index in [4.69, 9.17) is 4.74 Å². The first kappa shape index (κ1) is 14.3. The summed E-state index contributed by atoms with van der Waals surface area (Å²) >= 11 is 4.50. The molecule has 1 aliphatic rings. The van der Waals surface area contributed by atoms with Crippen molar-refractivity contribution >= 4 is 12.6 Å². The van der Waals surface area contributed by atoms with Gasteiger partial charge in [-0.1, -0.05) is 20.8 Å². The minimum absolute atomic E-state index is 0.340. The van der Waals surface area contributed by atoms with Crippen LogP contribution in [0, 0.1) is 11.3 Å². The summed E-state index contributed by atoms with van der Waals surface area (Å²) in [6.07, 6.45) is 0.730. The summed E-state index contributed by atoms with van der Waals surface area (Å²) in [4.78, 5) is 2.53. The molecule has 1 fully saturated rings. The molecule has 0 aromatic rings. The molecule has 1 saturated heterocycles. The first-order valence-electron chi connectivity index (χ1n) is 6.31. The molecule has 0 N–H and O–H groups in total. The summed E-state index contributed by atoms with van der Waals surface area (Å²) in [5, 5.41) is 0. The van der Waals surface area contributed by atoms with E-state index in [2.05, 4.69) is 52.1 Å². The van der Waals surface area contributed by atoms with Gasteiger partial charge in [0, 0.05) is 19.6 Å². The van der Waals surface area contributed by atoms with Gasteiger partial charge >= 0.3 is 0 Å². The molecule has 1 rings (SSSR count). The third kappa shape index (κ3) is 4.27. The maximum atomic E-state index is 5.76. The van der Waals surface area contributed by atoms with E-state index in [-0.39, 0.29) is 0 Å². The largest absolute Gasteiger partial charge is 0.373 e. The minimum Gasteiger partial charge on any atom is -0.373 e. The molecule has 0 aromatic carbocycles. The van der Waals surface area contributed by atoms with Gasteiger partial charge in [0.1, 0.15) is 0 Å². The molecule has 3 unspecified atom stereocenters. The molecule has 0 radical (unpaired) electrons. The lowest BCUT2D eigenvalue weighted by molar-refractivity contribution is -0.0740. The third-order valence-corrected chi connectivity index (χ3v) is 3.86. The van der Waals surface area contributed by atoms with Crippen LogP contribution in [0.15, 0.2) is 0 Å². The summed E-state index contributed by atoms with van der Waals surface area (Å²) in [7, 11) is 0. The predicted octanol–water partition coefficient (Wildman–Crippen LogP) is 2.69. The van der Waals surface area contributed by atoms with E-state index in [1.165, 1.54) is 0 Å². The van der Waals surface area contributed by atoms with Crippen molar-refractivity contribution in [1.82, 2.24) is 4.90 Å². The Morgan fingerprint density at radius 3 is 2.12 bits per heavy atom. The van der Waals surface area contributed by atoms with E-state index in [0.29, 0.717) is 23.5 Å². The molecule has 0 aromatic heterocycles. The van der Waals surface area contributed by atoms with Crippen molar-refractivity contribution in [2.75, 3.05) is 25.4 Å². The Hall–Kier alpha value is 0.270. The zero-order valence-corrected chi connectivity index (χ0v) is 12.3. The van der Waals surface area contributed by atoms with Crippen molar-refractivity contribution in [2.24, 2.45) is 11.3 Å². The van der Waals surface area contributed by atoms with Crippen LogP contribution in [0.2, 0.25) is 0 Å². The van der Waals surface area contributed by atoms with Crippen LogP contribution in [0.1, 0.15) is 34.6 Å². The van der Waals surface area contributed by atoms with Crippen LogP contribution in [0.3, 0.4) is 0 Å². The average molecular weight is 245 g/mol. The molecule has 3 heteroatoms. The Morgan fingerprint density at radius 1 is 1.25 bits per heavy atom. The van der Waals surface area contributed by atoms with Gasteiger partial charge in [0.05, 0.1) is 12.2 Å². The van der Waals surface area contributed by atoms with E-state index >= 15 is 0 Å². The normalized spacial score (nSPS) is 30.4. The zero-order chi connectivity index (χ0) is 12.3. The number of rotatable bonds is 3. The van der Waals surface area contributed by atoms with Gasteiger partial charge in [-0.05, 0) is 30.9 Å². The van der Waals surface area contributed by atoms with Gasteiger partial charge in [-0.25, -0.2) is 0 Å². The van der Waals surface area contributed by atoms with Crippen molar-refractivity contribution in [2.45, 2.75) is 46.8 Å². The van der Waals surface area contributed by atoms with Crippen LogP contribution in [-0.2, 0) is 4.74 Å². The second kappa shape index (κ2) is 5.74. The van der Waals surface area contributed by atoms with Crippen molar-refractivity contribution in [3.63, 3.8) is 0 Å². The number of morpholine rings is 1. The second-order valence-corrected chi connectivity index (χ2v) is 6.59. The highest BCUT2D eigenvalue weighted by atomic mass is 32.1. The molecule has 1 aliphatic heterocycles. The van der Waals surface area contributed by atoms with E-state index in [1.807, 2.05) is 0 Å². The van der Waals surface area contributed by atoms with Gasteiger partial charge in [-0.15, -0.1) is 0 Å². The molecular weight excluding hydrogens is 218 g/mol. The number of hydrogen-bond acceptors (Lipinski definition) is 3. The molecule has 0 bridgehead atoms. The average Bonchev–Trinajstić information content (AvgIpc) is 2.10. The fourth-order valence-electron chi connectivity index (χ4n) is 2.35. The summed E-state index contributed by atoms with van der Waals surface area (Å²) < 4.78 is 5.76. The maximum absolute atomic E-state index is 5.76. The molecule has 16 heavy (non-hydrogen) atoms. The standard InChI is InChI=1S/C13H27NOS/c1-10-6-14(7-11(2)15-10)8-12(9-16)13(3,4)5/h10-12,16H,6-9H2,1-5H3. The first-order chi connectivity index (χ1) is 7.32. The molecule has 96 valence electrons. The molecule has 3 atom stereocenters. The molecule has 0 saturated carbocycles. The van der Waals surface area contributed by atoms with Crippen molar-refractivity contribution in [1.29, 1.82) is 0 Å². The predicted molar refractivity (Wildman–Crippen MR) is 73.2 cm³/mol. The minimum atomic E-state index is 0.340. The Kier molecular flexibility index (Phi) is 5.14. The van der Waals surface area contributed by atoms with Crippen LogP contribution in [-0.4, -0.2) is 42.5 Å². The highest BCUT2D eigenvalue weighted by molar-refractivity contribution is 7.80. The monoisotopic (exact) mass is 245 g/mol. The number of hydrogen-bond donors (Lipinski definition) is 1. The Labute approximate surface area is 106 Å². The lowest BCUT2D eigenvalue weighted by atomic mass is 9.81. The summed E-state index contributed by atoms with van der Waals surface area (Å²) in [6, 6.07) is 0. The van der Waals surface area contributed by atoms with E-state index < -0.39 is 0 Å². The highest BCUT2D eigenvalue weighted by Gasteiger charge is 2.29. The summed E-state index contributed by atoms with van der Waals surface area (Å²) in [5.74, 6) is 1.61. The number of nitrogens with zero attached hydrogens (tertiary/aromatic N) is 1. The summed E-state index contributed by atoms with van der Waals surface area (Å²) in [6.45, 7) is 14.5. The molecule has 0 amide bonds. The Balaban J connectivity index is 2.51. The van der Waals surface area contributed by atoms with Crippen LogP contribution in [0.25, 0.3) is 0 Å². The molecule has 2 nitrogen and oxygen atoms in total. The second-order valence-electron chi connectivity index (χ2n) is 6.22. The zero-order valence-electron chi connectivity index (χ0n) is 11.4. The van der Waals surface area contributed by atoms with Gasteiger partial charge in [0.2, 0.25) is 0 Å². The van der Waals surface area contributed by atoms with Gasteiger partial charge < -0.3 is 4.74 Å². The van der Waals surface area contributed by atoms with Gasteiger partial charge in [0.15, 0.2) is 0 Å². The van der Waals surface area contributed by atoms with Crippen molar-refractivity contribution < 1.29 is 4.74 Å². The van der Waals surface area contributed by atoms with E-state index in [1.54, 1.807) is 0 Å². The fourth-order valence-corrected chi connectivity index (χ4v) is 3.01.